The second-order valence-electron chi connectivity index (χ2n) is 6.77. The number of carbonyl (C=O) groups excluding carboxylic acids is 1. The number of hydrogen-bond donors (Lipinski definition) is 0. The van der Waals surface area contributed by atoms with Crippen LogP contribution < -0.4 is 9.47 Å². The SMILES string of the molecule is COC(=O)c1cc(-c2ccc(OCc3ccccc3)cc2OCc2ccccc2)on1. The minimum absolute atomic E-state index is 0.0934. The highest BCUT2D eigenvalue weighted by molar-refractivity contribution is 5.88. The number of nitrogens with zero attached hydrogens (tertiary/aromatic N) is 1. The Labute approximate surface area is 180 Å². The molecule has 156 valence electrons. The molecule has 0 fully saturated rings. The molecule has 0 N–H and O–H groups in total. The van der Waals surface area contributed by atoms with Gasteiger partial charge in [-0.3, -0.25) is 0 Å². The van der Waals surface area contributed by atoms with Gasteiger partial charge in [-0.05, 0) is 23.3 Å². The van der Waals surface area contributed by atoms with E-state index < -0.39 is 5.97 Å². The number of hydrogen-bond acceptors (Lipinski definition) is 6. The molecule has 0 amide bonds. The molecule has 0 atom stereocenters. The van der Waals surface area contributed by atoms with Crippen molar-refractivity contribution in [2.24, 2.45) is 0 Å². The van der Waals surface area contributed by atoms with Crippen LogP contribution in [0.5, 0.6) is 11.5 Å². The summed E-state index contributed by atoms with van der Waals surface area (Å²) in [5.41, 5.74) is 2.84. The zero-order chi connectivity index (χ0) is 21.5. The number of esters is 1. The molecule has 1 aromatic heterocycles. The minimum atomic E-state index is -0.565. The molecule has 1 heterocycles. The normalized spacial score (nSPS) is 10.5. The van der Waals surface area contributed by atoms with Gasteiger partial charge in [-0.1, -0.05) is 65.8 Å². The highest BCUT2D eigenvalue weighted by atomic mass is 16.5. The summed E-state index contributed by atoms with van der Waals surface area (Å²) in [7, 11) is 1.30. The summed E-state index contributed by atoms with van der Waals surface area (Å²) in [6.45, 7) is 0.807. The van der Waals surface area contributed by atoms with E-state index in [4.69, 9.17) is 18.7 Å². The molecular weight excluding hydrogens is 394 g/mol. The largest absolute Gasteiger partial charge is 0.489 e. The predicted molar refractivity (Wildman–Crippen MR) is 115 cm³/mol. The van der Waals surface area contributed by atoms with Crippen LogP contribution in [0.3, 0.4) is 0 Å². The molecule has 0 aliphatic heterocycles. The lowest BCUT2D eigenvalue weighted by Crippen LogP contribution is -2.00. The van der Waals surface area contributed by atoms with E-state index in [9.17, 15) is 4.79 Å². The average Bonchev–Trinajstić information content (AvgIpc) is 3.32. The molecule has 4 aromatic rings. The van der Waals surface area contributed by atoms with Crippen molar-refractivity contribution in [1.29, 1.82) is 0 Å². The van der Waals surface area contributed by atoms with Crippen molar-refractivity contribution in [2.75, 3.05) is 7.11 Å². The highest BCUT2D eigenvalue weighted by Gasteiger charge is 2.18. The molecule has 0 aliphatic carbocycles. The Morgan fingerprint density at radius 3 is 2.13 bits per heavy atom. The average molecular weight is 415 g/mol. The van der Waals surface area contributed by atoms with E-state index in [1.165, 1.54) is 13.2 Å². The molecule has 0 bridgehead atoms. The maximum absolute atomic E-state index is 11.7. The fourth-order valence-electron chi connectivity index (χ4n) is 2.99. The molecule has 0 saturated carbocycles. The molecule has 4 rings (SSSR count). The van der Waals surface area contributed by atoms with E-state index in [2.05, 4.69) is 5.16 Å². The summed E-state index contributed by atoms with van der Waals surface area (Å²) >= 11 is 0. The lowest BCUT2D eigenvalue weighted by Gasteiger charge is -2.13. The Balaban J connectivity index is 1.59. The first kappa shape index (κ1) is 20.2. The van der Waals surface area contributed by atoms with Gasteiger partial charge in [-0.25, -0.2) is 4.79 Å². The van der Waals surface area contributed by atoms with Crippen LogP contribution in [0, 0.1) is 0 Å². The summed E-state index contributed by atoms with van der Waals surface area (Å²) in [4.78, 5) is 11.7. The van der Waals surface area contributed by atoms with Gasteiger partial charge < -0.3 is 18.7 Å². The van der Waals surface area contributed by atoms with Crippen LogP contribution in [0.15, 0.2) is 89.5 Å². The van der Waals surface area contributed by atoms with Gasteiger partial charge in [0.1, 0.15) is 24.7 Å². The van der Waals surface area contributed by atoms with Crippen LogP contribution in [-0.2, 0) is 18.0 Å². The molecule has 0 radical (unpaired) electrons. The predicted octanol–water partition coefficient (Wildman–Crippen LogP) is 5.29. The Hall–Kier alpha value is -4.06. The Bertz CT molecular complexity index is 1140. The minimum Gasteiger partial charge on any atom is -0.489 e. The molecule has 0 spiro atoms. The molecule has 6 nitrogen and oxygen atoms in total. The van der Waals surface area contributed by atoms with Gasteiger partial charge in [-0.15, -0.1) is 0 Å². The third-order valence-electron chi connectivity index (χ3n) is 4.61. The van der Waals surface area contributed by atoms with Crippen molar-refractivity contribution in [2.45, 2.75) is 13.2 Å². The number of aromatic nitrogens is 1. The van der Waals surface area contributed by atoms with Crippen molar-refractivity contribution >= 4 is 5.97 Å². The summed E-state index contributed by atoms with van der Waals surface area (Å²) in [5.74, 6) is 1.05. The molecule has 0 aliphatic rings. The number of carbonyl (C=O) groups is 1. The Morgan fingerprint density at radius 1 is 0.839 bits per heavy atom. The lowest BCUT2D eigenvalue weighted by atomic mass is 10.1. The van der Waals surface area contributed by atoms with E-state index >= 15 is 0 Å². The van der Waals surface area contributed by atoms with E-state index in [-0.39, 0.29) is 5.69 Å². The summed E-state index contributed by atoms with van der Waals surface area (Å²) in [5, 5.41) is 3.78. The maximum atomic E-state index is 11.7. The first-order valence-corrected chi connectivity index (χ1v) is 9.76. The smallest absolute Gasteiger partial charge is 0.360 e. The van der Waals surface area contributed by atoms with E-state index in [1.807, 2.05) is 78.9 Å². The van der Waals surface area contributed by atoms with Crippen molar-refractivity contribution < 1.29 is 23.5 Å². The zero-order valence-corrected chi connectivity index (χ0v) is 17.0. The second kappa shape index (κ2) is 9.63. The molecule has 0 unspecified atom stereocenters. The van der Waals surface area contributed by atoms with Crippen molar-refractivity contribution in [3.8, 4) is 22.8 Å². The van der Waals surface area contributed by atoms with Crippen molar-refractivity contribution in [1.82, 2.24) is 5.16 Å². The fourth-order valence-corrected chi connectivity index (χ4v) is 2.99. The van der Waals surface area contributed by atoms with Crippen LogP contribution >= 0.6 is 0 Å². The topological polar surface area (TPSA) is 70.8 Å². The van der Waals surface area contributed by atoms with Crippen LogP contribution in [0.1, 0.15) is 21.6 Å². The number of methoxy groups -OCH3 is 1. The van der Waals surface area contributed by atoms with Gasteiger partial charge in [0.15, 0.2) is 11.5 Å². The van der Waals surface area contributed by atoms with E-state index in [0.29, 0.717) is 36.0 Å². The van der Waals surface area contributed by atoms with Crippen molar-refractivity contribution in [3.63, 3.8) is 0 Å². The summed E-state index contributed by atoms with van der Waals surface area (Å²) < 4.78 is 22.1. The number of ether oxygens (including phenoxy) is 3. The second-order valence-corrected chi connectivity index (χ2v) is 6.77. The monoisotopic (exact) mass is 415 g/mol. The fraction of sp³-hybridized carbons (Fsp3) is 0.120. The van der Waals surface area contributed by atoms with Crippen LogP contribution in [0.2, 0.25) is 0 Å². The number of rotatable bonds is 8. The first-order valence-electron chi connectivity index (χ1n) is 9.76. The first-order chi connectivity index (χ1) is 15.2. The standard InChI is InChI=1S/C25H21NO5/c1-28-25(27)22-15-24(31-26-22)21-13-12-20(29-16-18-8-4-2-5-9-18)14-23(21)30-17-19-10-6-3-7-11-19/h2-15H,16-17H2,1H3. The van der Waals surface area contributed by atoms with Gasteiger partial charge in [0.25, 0.3) is 0 Å². The van der Waals surface area contributed by atoms with Crippen molar-refractivity contribution in [3.05, 3.63) is 102 Å². The Morgan fingerprint density at radius 2 is 1.48 bits per heavy atom. The van der Waals surface area contributed by atoms with Gasteiger partial charge in [-0.2, -0.15) is 0 Å². The van der Waals surface area contributed by atoms with E-state index in [1.54, 1.807) is 0 Å². The molecule has 0 saturated heterocycles. The van der Waals surface area contributed by atoms with Gasteiger partial charge in [0, 0.05) is 12.1 Å². The summed E-state index contributed by atoms with van der Waals surface area (Å²) in [6.07, 6.45) is 0. The summed E-state index contributed by atoms with van der Waals surface area (Å²) in [6, 6.07) is 26.7. The molecular formula is C25H21NO5. The third-order valence-corrected chi connectivity index (χ3v) is 4.61. The highest BCUT2D eigenvalue weighted by Crippen LogP contribution is 2.35. The van der Waals surface area contributed by atoms with Gasteiger partial charge in [0.05, 0.1) is 12.7 Å². The van der Waals surface area contributed by atoms with Crippen LogP contribution in [0.4, 0.5) is 0 Å². The van der Waals surface area contributed by atoms with Gasteiger partial charge in [0.2, 0.25) is 0 Å². The lowest BCUT2D eigenvalue weighted by molar-refractivity contribution is 0.0589. The Kier molecular flexibility index (Phi) is 6.28. The van der Waals surface area contributed by atoms with E-state index in [0.717, 1.165) is 11.1 Å². The third kappa shape index (κ3) is 5.11. The zero-order valence-electron chi connectivity index (χ0n) is 17.0. The molecule has 31 heavy (non-hydrogen) atoms. The molecule has 3 aromatic carbocycles. The maximum Gasteiger partial charge on any atom is 0.360 e. The van der Waals surface area contributed by atoms with Crippen LogP contribution in [0.25, 0.3) is 11.3 Å². The molecule has 6 heteroatoms. The quantitative estimate of drug-likeness (QED) is 0.364. The van der Waals surface area contributed by atoms with Gasteiger partial charge >= 0.3 is 5.97 Å². The number of benzene rings is 3. The van der Waals surface area contributed by atoms with Crippen LogP contribution in [-0.4, -0.2) is 18.2 Å².